The highest BCUT2D eigenvalue weighted by atomic mass is 16.3. The molecule has 51 heavy (non-hydrogen) atoms. The van der Waals surface area contributed by atoms with E-state index in [1.807, 2.05) is 78.9 Å². The number of rotatable bonds is 3. The van der Waals surface area contributed by atoms with Crippen molar-refractivity contribution in [2.45, 2.75) is 0 Å². The van der Waals surface area contributed by atoms with Crippen LogP contribution in [0.25, 0.3) is 92.9 Å². The molecule has 0 spiro atoms. The monoisotopic (exact) mass is 649 g/mol. The maximum absolute atomic E-state index is 10.7. The van der Waals surface area contributed by atoms with Crippen LogP contribution in [0.15, 0.2) is 144 Å². The Balaban J connectivity index is 1.33. The first-order chi connectivity index (χ1) is 25.2. The Morgan fingerprint density at radius 2 is 1.16 bits per heavy atom. The van der Waals surface area contributed by atoms with Crippen LogP contribution in [0.5, 0.6) is 0 Å². The summed E-state index contributed by atoms with van der Waals surface area (Å²) in [5.74, 6) is 0. The molecule has 0 radical (unpaired) electrons. The lowest BCUT2D eigenvalue weighted by atomic mass is 9.94. The summed E-state index contributed by atoms with van der Waals surface area (Å²) in [6.45, 7) is 8.20. The Labute approximate surface area is 291 Å². The number of fused-ring (bicyclic) bond motifs is 10. The molecule has 0 aliphatic rings. The minimum Gasteiger partial charge on any atom is -0.455 e. The highest BCUT2D eigenvalue weighted by Gasteiger charge is 2.25. The summed E-state index contributed by atoms with van der Waals surface area (Å²) >= 11 is 0. The molecule has 3 aromatic heterocycles. The van der Waals surface area contributed by atoms with Crippen LogP contribution in [0.4, 0.5) is 5.69 Å². The standard InChI is InChI=1S/C45H23N5O/c1-48-36-23-28(26-47)35(24-41(36)49-37-17-6-2-12-29(37)30-13-3-7-18-38(30)49)32-16-10-11-27(25-46)44(32)50-39-19-8-4-15-34(39)43-40(50)22-21-33-31-14-5-9-20-42(31)51-45(33)43/h2-24H. The van der Waals surface area contributed by atoms with Crippen molar-refractivity contribution in [3.05, 3.63) is 162 Å². The summed E-state index contributed by atoms with van der Waals surface area (Å²) < 4.78 is 10.8. The Hall–Kier alpha value is -7.59. The highest BCUT2D eigenvalue weighted by molar-refractivity contribution is 6.24. The zero-order valence-corrected chi connectivity index (χ0v) is 26.9. The molecule has 0 fully saturated rings. The molecule has 10 aromatic rings. The summed E-state index contributed by atoms with van der Waals surface area (Å²) in [4.78, 5) is 3.93. The largest absolute Gasteiger partial charge is 0.455 e. The molecule has 10 rings (SSSR count). The third kappa shape index (κ3) is 3.89. The molecule has 0 unspecified atom stereocenters. The summed E-state index contributed by atoms with van der Waals surface area (Å²) in [5.41, 5.74) is 9.12. The number of furan rings is 1. The lowest BCUT2D eigenvalue weighted by Crippen LogP contribution is -2.03. The molecule has 6 nitrogen and oxygen atoms in total. The fourth-order valence-corrected chi connectivity index (χ4v) is 7.91. The third-order valence-electron chi connectivity index (χ3n) is 10.0. The van der Waals surface area contributed by atoms with Crippen molar-refractivity contribution in [2.24, 2.45) is 0 Å². The zero-order valence-electron chi connectivity index (χ0n) is 26.9. The van der Waals surface area contributed by atoms with E-state index in [1.54, 1.807) is 6.07 Å². The molecule has 0 aliphatic carbocycles. The maximum Gasteiger partial charge on any atom is 0.211 e. The second kappa shape index (κ2) is 10.7. The Bertz CT molecular complexity index is 3190. The van der Waals surface area contributed by atoms with E-state index in [0.29, 0.717) is 39.3 Å². The number of nitrogens with zero attached hydrogens (tertiary/aromatic N) is 5. The SMILES string of the molecule is [C-]#[N+]c1cc(C#N)c(-c2cccc(C#N)c2-n2c3ccccc3c3c4oc5ccccc5c4ccc32)cc1-n1c2ccccc2c2ccccc21. The molecule has 6 heteroatoms. The van der Waals surface area contributed by atoms with Crippen LogP contribution < -0.4 is 0 Å². The van der Waals surface area contributed by atoms with Gasteiger partial charge in [-0.1, -0.05) is 84.9 Å². The quantitative estimate of drug-likeness (QED) is 0.179. The molecule has 0 atom stereocenters. The first-order valence-electron chi connectivity index (χ1n) is 16.5. The van der Waals surface area contributed by atoms with E-state index in [0.717, 1.165) is 65.6 Å². The average Bonchev–Trinajstić information content (AvgIpc) is 3.84. The molecular formula is C45H23N5O. The van der Waals surface area contributed by atoms with Crippen LogP contribution >= 0.6 is 0 Å². The minimum absolute atomic E-state index is 0.349. The van der Waals surface area contributed by atoms with Crippen LogP contribution in [0.1, 0.15) is 11.1 Å². The van der Waals surface area contributed by atoms with Gasteiger partial charge in [0.05, 0.1) is 57.0 Å². The van der Waals surface area contributed by atoms with Gasteiger partial charge in [-0.2, -0.15) is 10.5 Å². The second-order valence-electron chi connectivity index (χ2n) is 12.6. The van der Waals surface area contributed by atoms with Gasteiger partial charge in [0.25, 0.3) is 0 Å². The van der Waals surface area contributed by atoms with Gasteiger partial charge in [0, 0.05) is 43.6 Å². The summed E-state index contributed by atoms with van der Waals surface area (Å²) in [7, 11) is 0. The molecule has 0 bridgehead atoms. The third-order valence-corrected chi connectivity index (χ3v) is 10.0. The van der Waals surface area contributed by atoms with E-state index in [2.05, 4.69) is 80.7 Å². The zero-order chi connectivity index (χ0) is 34.2. The van der Waals surface area contributed by atoms with Crippen LogP contribution in [0, 0.1) is 29.2 Å². The smallest absolute Gasteiger partial charge is 0.211 e. The fraction of sp³-hybridized carbons (Fsp3) is 0. The van der Waals surface area contributed by atoms with Gasteiger partial charge >= 0.3 is 0 Å². The Morgan fingerprint density at radius 3 is 1.84 bits per heavy atom. The van der Waals surface area contributed by atoms with Gasteiger partial charge < -0.3 is 13.6 Å². The van der Waals surface area contributed by atoms with E-state index in [1.165, 1.54) is 0 Å². The van der Waals surface area contributed by atoms with Gasteiger partial charge in [-0.3, -0.25) is 0 Å². The average molecular weight is 650 g/mol. The molecule has 7 aromatic carbocycles. The molecule has 0 saturated heterocycles. The van der Waals surface area contributed by atoms with Gasteiger partial charge in [0.15, 0.2) is 0 Å². The Kier molecular flexibility index (Phi) is 5.97. The molecule has 0 aliphatic heterocycles. The topological polar surface area (TPSA) is 74.9 Å². The number of hydrogen-bond donors (Lipinski definition) is 0. The normalized spacial score (nSPS) is 11.5. The molecule has 0 saturated carbocycles. The lowest BCUT2D eigenvalue weighted by molar-refractivity contribution is 0.673. The van der Waals surface area contributed by atoms with Gasteiger partial charge in [-0.15, -0.1) is 0 Å². The van der Waals surface area contributed by atoms with E-state index in [4.69, 9.17) is 11.0 Å². The molecule has 3 heterocycles. The predicted molar refractivity (Wildman–Crippen MR) is 204 cm³/mol. The first-order valence-corrected chi connectivity index (χ1v) is 16.5. The second-order valence-corrected chi connectivity index (χ2v) is 12.6. The van der Waals surface area contributed by atoms with Crippen molar-refractivity contribution in [1.29, 1.82) is 10.5 Å². The van der Waals surface area contributed by atoms with E-state index in [-0.39, 0.29) is 0 Å². The number of hydrogen-bond acceptors (Lipinski definition) is 3. The van der Waals surface area contributed by atoms with Gasteiger partial charge in [0.1, 0.15) is 17.2 Å². The number of aromatic nitrogens is 2. The van der Waals surface area contributed by atoms with Crippen molar-refractivity contribution in [2.75, 3.05) is 0 Å². The Morgan fingerprint density at radius 1 is 0.529 bits per heavy atom. The van der Waals surface area contributed by atoms with E-state index >= 15 is 0 Å². The molecule has 234 valence electrons. The van der Waals surface area contributed by atoms with Gasteiger partial charge in [-0.25, -0.2) is 4.85 Å². The first kappa shape index (κ1) is 28.4. The molecular weight excluding hydrogens is 627 g/mol. The van der Waals surface area contributed by atoms with Crippen LogP contribution in [0.2, 0.25) is 0 Å². The van der Waals surface area contributed by atoms with Crippen molar-refractivity contribution >= 4 is 71.2 Å². The van der Waals surface area contributed by atoms with Crippen molar-refractivity contribution in [3.8, 4) is 34.6 Å². The summed E-state index contributed by atoms with van der Waals surface area (Å²) in [6.07, 6.45) is 0. The summed E-state index contributed by atoms with van der Waals surface area (Å²) in [5, 5.41) is 27.4. The predicted octanol–water partition coefficient (Wildman–Crippen LogP) is 11.7. The van der Waals surface area contributed by atoms with Crippen molar-refractivity contribution in [1.82, 2.24) is 9.13 Å². The number of benzene rings is 7. The van der Waals surface area contributed by atoms with Crippen molar-refractivity contribution in [3.63, 3.8) is 0 Å². The highest BCUT2D eigenvalue weighted by Crippen LogP contribution is 2.45. The minimum atomic E-state index is 0.349. The van der Waals surface area contributed by atoms with Gasteiger partial charge in [0.2, 0.25) is 5.69 Å². The maximum atomic E-state index is 10.7. The molecule has 0 amide bonds. The van der Waals surface area contributed by atoms with Crippen molar-refractivity contribution < 1.29 is 4.42 Å². The van der Waals surface area contributed by atoms with E-state index < -0.39 is 0 Å². The summed E-state index contributed by atoms with van der Waals surface area (Å²) in [6, 6.07) is 50.7. The number of para-hydroxylation sites is 5. The fourth-order valence-electron chi connectivity index (χ4n) is 7.91. The molecule has 0 N–H and O–H groups in total. The van der Waals surface area contributed by atoms with Crippen LogP contribution in [-0.4, -0.2) is 9.13 Å². The van der Waals surface area contributed by atoms with E-state index in [9.17, 15) is 10.5 Å². The lowest BCUT2D eigenvalue weighted by Gasteiger charge is -2.19. The van der Waals surface area contributed by atoms with Crippen LogP contribution in [0.3, 0.4) is 0 Å². The van der Waals surface area contributed by atoms with Gasteiger partial charge in [-0.05, 0) is 54.6 Å². The van der Waals surface area contributed by atoms with Crippen LogP contribution in [-0.2, 0) is 0 Å². The number of nitriles is 2.